The second-order valence-electron chi connectivity index (χ2n) is 8.39. The molecule has 2 nitrogen and oxygen atoms in total. The molecule has 0 bridgehead atoms. The van der Waals surface area contributed by atoms with Crippen molar-refractivity contribution in [2.75, 3.05) is 6.61 Å². The third-order valence-electron chi connectivity index (χ3n) is 5.69. The Morgan fingerprint density at radius 1 is 0.667 bits per heavy atom. The lowest BCUT2D eigenvalue weighted by Crippen LogP contribution is -2.64. The maximum absolute atomic E-state index is 6.93. The lowest BCUT2D eigenvalue weighted by atomic mass is 10.1. The number of rotatable bonds is 16. The molecule has 0 fully saturated rings. The summed E-state index contributed by atoms with van der Waals surface area (Å²) in [4.78, 5) is 0. The molecule has 0 spiro atoms. The maximum Gasteiger partial charge on any atom is 0.407 e. The van der Waals surface area contributed by atoms with Crippen LogP contribution in [0.1, 0.15) is 85.0 Å². The highest BCUT2D eigenvalue weighted by Gasteiger charge is 2.43. The van der Waals surface area contributed by atoms with Gasteiger partial charge in [-0.05, 0) is 30.1 Å². The molecule has 0 saturated carbocycles. The summed E-state index contributed by atoms with van der Waals surface area (Å²) in [5.74, 6) is 0. The van der Waals surface area contributed by atoms with Crippen LogP contribution in [0.2, 0.25) is 0 Å². The summed E-state index contributed by atoms with van der Waals surface area (Å²) >= 11 is 0. The Bertz CT molecular complexity index is 620. The van der Waals surface area contributed by atoms with Crippen molar-refractivity contribution in [3.05, 3.63) is 60.7 Å². The van der Waals surface area contributed by atoms with Gasteiger partial charge in [-0.25, -0.2) is 0 Å². The quantitative estimate of drug-likeness (QED) is 0.222. The molecular formula is C27H42O2Si. The lowest BCUT2D eigenvalue weighted by molar-refractivity contribution is 0.132. The van der Waals surface area contributed by atoms with Crippen LogP contribution in [0.3, 0.4) is 0 Å². The van der Waals surface area contributed by atoms with E-state index in [0.29, 0.717) is 0 Å². The van der Waals surface area contributed by atoms with Gasteiger partial charge in [0.2, 0.25) is 0 Å². The van der Waals surface area contributed by atoms with E-state index in [0.717, 1.165) is 19.4 Å². The van der Waals surface area contributed by atoms with Crippen molar-refractivity contribution >= 4 is 18.9 Å². The fourth-order valence-corrected chi connectivity index (χ4v) is 7.33. The maximum atomic E-state index is 6.93. The van der Waals surface area contributed by atoms with Gasteiger partial charge in [-0.1, -0.05) is 126 Å². The molecule has 30 heavy (non-hydrogen) atoms. The largest absolute Gasteiger partial charge is 0.407 e. The van der Waals surface area contributed by atoms with Crippen molar-refractivity contribution in [3.8, 4) is 0 Å². The molecule has 0 N–H and O–H groups in total. The van der Waals surface area contributed by atoms with Crippen LogP contribution in [0.4, 0.5) is 0 Å². The molecule has 0 radical (unpaired) electrons. The average Bonchev–Trinajstić information content (AvgIpc) is 2.79. The van der Waals surface area contributed by atoms with E-state index in [-0.39, 0.29) is 6.10 Å². The van der Waals surface area contributed by atoms with E-state index in [1.165, 1.54) is 61.7 Å². The van der Waals surface area contributed by atoms with Crippen LogP contribution in [-0.4, -0.2) is 21.3 Å². The summed E-state index contributed by atoms with van der Waals surface area (Å²) in [5.41, 5.74) is 0. The Balaban J connectivity index is 2.16. The Labute approximate surface area is 186 Å². The molecule has 0 aliphatic carbocycles. The van der Waals surface area contributed by atoms with Gasteiger partial charge in [-0.15, -0.1) is 0 Å². The Morgan fingerprint density at radius 3 is 1.73 bits per heavy atom. The van der Waals surface area contributed by atoms with Crippen molar-refractivity contribution in [2.45, 2.75) is 91.1 Å². The van der Waals surface area contributed by atoms with Crippen molar-refractivity contribution < 1.29 is 8.85 Å². The number of hydrogen-bond donors (Lipinski definition) is 0. The molecule has 1 atom stereocenters. The Hall–Kier alpha value is -1.42. The molecule has 0 aliphatic rings. The monoisotopic (exact) mass is 426 g/mol. The normalized spacial score (nSPS) is 12.8. The Kier molecular flexibility index (Phi) is 12.1. The van der Waals surface area contributed by atoms with Crippen molar-refractivity contribution in [2.24, 2.45) is 0 Å². The fraction of sp³-hybridized carbons (Fsp3) is 0.556. The first-order valence-electron chi connectivity index (χ1n) is 12.2. The van der Waals surface area contributed by atoms with E-state index >= 15 is 0 Å². The molecule has 2 aromatic rings. The van der Waals surface area contributed by atoms with E-state index in [1.54, 1.807) is 0 Å². The highest BCUT2D eigenvalue weighted by atomic mass is 28.4. The highest BCUT2D eigenvalue weighted by Crippen LogP contribution is 2.18. The number of unbranched alkanes of at least 4 members (excludes halogenated alkanes) is 7. The summed E-state index contributed by atoms with van der Waals surface area (Å²) in [6, 6.07) is 21.3. The van der Waals surface area contributed by atoms with Gasteiger partial charge in [0.05, 0.1) is 0 Å². The molecule has 0 amide bonds. The zero-order chi connectivity index (χ0) is 21.5. The molecule has 2 aromatic carbocycles. The summed E-state index contributed by atoms with van der Waals surface area (Å²) < 4.78 is 13.7. The smallest absolute Gasteiger partial charge is 0.388 e. The van der Waals surface area contributed by atoms with Crippen LogP contribution in [-0.2, 0) is 8.85 Å². The fourth-order valence-electron chi connectivity index (χ4n) is 3.94. The highest BCUT2D eigenvalue weighted by molar-refractivity contribution is 6.92. The molecule has 1 unspecified atom stereocenters. The predicted octanol–water partition coefficient (Wildman–Crippen LogP) is 6.61. The van der Waals surface area contributed by atoms with Crippen LogP contribution in [0.5, 0.6) is 0 Å². The standard InChI is InChI=1S/C27H42O2Si/c1-4-6-8-9-10-13-19-25(3)29-30(28-24-18-7-5-2,26-20-14-11-15-21-26)27-22-16-12-17-23-27/h11-12,14-17,20-23,25H,4-10,13,18-19,24H2,1-3H3. The molecule has 166 valence electrons. The van der Waals surface area contributed by atoms with Crippen molar-refractivity contribution in [3.63, 3.8) is 0 Å². The number of hydrogen-bond acceptors (Lipinski definition) is 2. The second kappa shape index (κ2) is 14.6. The van der Waals surface area contributed by atoms with Gasteiger partial charge in [0.25, 0.3) is 0 Å². The van der Waals surface area contributed by atoms with Crippen LogP contribution in [0, 0.1) is 0 Å². The van der Waals surface area contributed by atoms with E-state index < -0.39 is 8.56 Å². The summed E-state index contributed by atoms with van der Waals surface area (Å²) in [7, 11) is -2.74. The third-order valence-corrected chi connectivity index (χ3v) is 9.22. The number of benzene rings is 2. The minimum Gasteiger partial charge on any atom is -0.388 e. The van der Waals surface area contributed by atoms with Gasteiger partial charge in [-0.3, -0.25) is 0 Å². The first kappa shape index (κ1) is 24.8. The zero-order valence-electron chi connectivity index (χ0n) is 19.4. The van der Waals surface area contributed by atoms with Gasteiger partial charge in [0, 0.05) is 12.7 Å². The molecule has 2 rings (SSSR count). The van der Waals surface area contributed by atoms with Crippen molar-refractivity contribution in [1.29, 1.82) is 0 Å². The molecule has 0 aromatic heterocycles. The van der Waals surface area contributed by atoms with Crippen LogP contribution < -0.4 is 10.4 Å². The lowest BCUT2D eigenvalue weighted by Gasteiger charge is -2.34. The summed E-state index contributed by atoms with van der Waals surface area (Å²) in [6.45, 7) is 7.49. The first-order chi connectivity index (χ1) is 14.7. The van der Waals surface area contributed by atoms with Gasteiger partial charge in [0.15, 0.2) is 0 Å². The minimum atomic E-state index is -2.74. The first-order valence-corrected chi connectivity index (χ1v) is 14.0. The SMILES string of the molecule is CCCCCCCCC(C)O[Si](OCCCCC)(c1ccccc1)c1ccccc1. The molecule has 0 saturated heterocycles. The van der Waals surface area contributed by atoms with Gasteiger partial charge in [-0.2, -0.15) is 0 Å². The molecule has 0 aliphatic heterocycles. The Morgan fingerprint density at radius 2 is 1.17 bits per heavy atom. The minimum absolute atomic E-state index is 0.189. The summed E-state index contributed by atoms with van der Waals surface area (Å²) in [6.07, 6.45) is 12.7. The molecule has 0 heterocycles. The predicted molar refractivity (Wildman–Crippen MR) is 132 cm³/mol. The summed E-state index contributed by atoms with van der Waals surface area (Å²) in [5, 5.41) is 2.42. The average molecular weight is 427 g/mol. The van der Waals surface area contributed by atoms with Crippen LogP contribution >= 0.6 is 0 Å². The van der Waals surface area contributed by atoms with E-state index in [1.807, 2.05) is 0 Å². The van der Waals surface area contributed by atoms with Gasteiger partial charge in [0.1, 0.15) is 0 Å². The third kappa shape index (κ3) is 8.01. The topological polar surface area (TPSA) is 18.5 Å². The van der Waals surface area contributed by atoms with E-state index in [2.05, 4.69) is 81.4 Å². The van der Waals surface area contributed by atoms with Gasteiger partial charge >= 0.3 is 8.56 Å². The van der Waals surface area contributed by atoms with E-state index in [4.69, 9.17) is 8.85 Å². The molecule has 3 heteroatoms. The molecular weight excluding hydrogens is 384 g/mol. The van der Waals surface area contributed by atoms with E-state index in [9.17, 15) is 0 Å². The van der Waals surface area contributed by atoms with Crippen molar-refractivity contribution in [1.82, 2.24) is 0 Å². The van der Waals surface area contributed by atoms with Crippen LogP contribution in [0.15, 0.2) is 60.7 Å². The van der Waals surface area contributed by atoms with Gasteiger partial charge < -0.3 is 8.85 Å². The zero-order valence-corrected chi connectivity index (χ0v) is 20.4. The second-order valence-corrected chi connectivity index (χ2v) is 11.3. The van der Waals surface area contributed by atoms with Crippen LogP contribution in [0.25, 0.3) is 0 Å².